The lowest BCUT2D eigenvalue weighted by Crippen LogP contribution is -2.28. The molecule has 1 aromatic heterocycles. The fraction of sp³-hybridized carbons (Fsp3) is 0.176. The van der Waals surface area contributed by atoms with Crippen LogP contribution in [0.15, 0.2) is 53.1 Å². The minimum atomic E-state index is -4.46. The number of hydrogen-bond donors (Lipinski definition) is 0. The largest absolute Gasteiger partial charge is 0.416 e. The van der Waals surface area contributed by atoms with Gasteiger partial charge in [0.25, 0.3) is 0 Å². The van der Waals surface area contributed by atoms with Gasteiger partial charge in [-0.25, -0.2) is 0 Å². The van der Waals surface area contributed by atoms with Gasteiger partial charge >= 0.3 is 6.18 Å². The highest BCUT2D eigenvalue weighted by Crippen LogP contribution is 2.31. The number of likely N-dealkylation sites (N-methyl/N-ethyl adjacent to an activating group) is 1. The summed E-state index contributed by atoms with van der Waals surface area (Å²) < 4.78 is 43.5. The second-order valence-electron chi connectivity index (χ2n) is 5.30. The molecule has 0 N–H and O–H groups in total. The van der Waals surface area contributed by atoms with Gasteiger partial charge in [-0.05, 0) is 30.3 Å². The van der Waals surface area contributed by atoms with Gasteiger partial charge in [-0.2, -0.15) is 13.2 Å². The molecule has 0 fully saturated rings. The van der Waals surface area contributed by atoms with Crippen molar-refractivity contribution in [3.63, 3.8) is 0 Å². The summed E-state index contributed by atoms with van der Waals surface area (Å²) in [4.78, 5) is 13.6. The van der Waals surface area contributed by atoms with Crippen LogP contribution >= 0.6 is 0 Å². The third-order valence-electron chi connectivity index (χ3n) is 3.71. The highest BCUT2D eigenvalue weighted by Gasteiger charge is 2.31. The molecule has 7 heteroatoms. The molecule has 0 saturated heterocycles. The van der Waals surface area contributed by atoms with Crippen molar-refractivity contribution in [1.29, 1.82) is 0 Å². The molecule has 0 aliphatic heterocycles. The van der Waals surface area contributed by atoms with Crippen molar-refractivity contribution in [2.45, 2.75) is 12.6 Å². The molecule has 0 radical (unpaired) electrons. The number of rotatable bonds is 3. The number of nitrogens with zero attached hydrogens (tertiary/aromatic N) is 2. The average Bonchev–Trinajstić information content (AvgIpc) is 2.96. The van der Waals surface area contributed by atoms with E-state index in [1.54, 1.807) is 24.3 Å². The molecule has 124 valence electrons. The van der Waals surface area contributed by atoms with Crippen LogP contribution in [0.2, 0.25) is 0 Å². The first kappa shape index (κ1) is 16.0. The monoisotopic (exact) mass is 334 g/mol. The summed E-state index contributed by atoms with van der Waals surface area (Å²) in [6.45, 7) is 0. The number of hydrogen-bond acceptors (Lipinski definition) is 3. The lowest BCUT2D eigenvalue weighted by molar-refractivity contribution is -0.137. The Morgan fingerprint density at radius 2 is 1.92 bits per heavy atom. The third-order valence-corrected chi connectivity index (χ3v) is 3.71. The molecule has 0 unspecified atom stereocenters. The molecule has 0 aliphatic carbocycles. The fourth-order valence-corrected chi connectivity index (χ4v) is 2.36. The van der Waals surface area contributed by atoms with Gasteiger partial charge in [0.2, 0.25) is 5.91 Å². The first-order valence-corrected chi connectivity index (χ1v) is 7.13. The van der Waals surface area contributed by atoms with E-state index in [-0.39, 0.29) is 18.0 Å². The van der Waals surface area contributed by atoms with E-state index in [0.29, 0.717) is 16.7 Å². The van der Waals surface area contributed by atoms with Crippen molar-refractivity contribution >= 4 is 22.6 Å². The Bertz CT molecular complexity index is 887. The van der Waals surface area contributed by atoms with E-state index < -0.39 is 11.7 Å². The molecular formula is C17H13F3N2O2. The molecule has 4 nitrogen and oxygen atoms in total. The summed E-state index contributed by atoms with van der Waals surface area (Å²) in [7, 11) is 1.43. The molecule has 0 aliphatic rings. The van der Waals surface area contributed by atoms with Crippen LogP contribution in [-0.4, -0.2) is 18.1 Å². The van der Waals surface area contributed by atoms with Crippen molar-refractivity contribution in [2.75, 3.05) is 11.9 Å². The zero-order chi connectivity index (χ0) is 17.3. The molecule has 0 saturated carbocycles. The van der Waals surface area contributed by atoms with Crippen LogP contribution in [0.4, 0.5) is 18.9 Å². The summed E-state index contributed by atoms with van der Waals surface area (Å²) in [6, 6.07) is 11.7. The summed E-state index contributed by atoms with van der Waals surface area (Å²) in [5.41, 5.74) is 0.380. The number of aromatic nitrogens is 1. The Labute approximate surface area is 135 Å². The van der Waals surface area contributed by atoms with E-state index in [1.807, 2.05) is 0 Å². The van der Waals surface area contributed by atoms with E-state index in [9.17, 15) is 18.0 Å². The van der Waals surface area contributed by atoms with E-state index in [2.05, 4.69) is 5.16 Å². The Morgan fingerprint density at radius 1 is 1.17 bits per heavy atom. The van der Waals surface area contributed by atoms with Gasteiger partial charge in [0.15, 0.2) is 5.58 Å². The van der Waals surface area contributed by atoms with Gasteiger partial charge in [-0.1, -0.05) is 23.4 Å². The lowest BCUT2D eigenvalue weighted by Gasteiger charge is -2.18. The average molecular weight is 334 g/mol. The van der Waals surface area contributed by atoms with Crippen LogP contribution < -0.4 is 4.90 Å². The minimum absolute atomic E-state index is 0.0657. The van der Waals surface area contributed by atoms with E-state index in [0.717, 1.165) is 12.1 Å². The Hall–Kier alpha value is -2.83. The van der Waals surface area contributed by atoms with E-state index in [1.165, 1.54) is 24.1 Å². The van der Waals surface area contributed by atoms with Gasteiger partial charge in [0.1, 0.15) is 5.69 Å². The normalized spacial score (nSPS) is 11.7. The smallest absolute Gasteiger partial charge is 0.356 e. The molecular weight excluding hydrogens is 321 g/mol. The molecule has 0 spiro atoms. The predicted molar refractivity (Wildman–Crippen MR) is 82.6 cm³/mol. The molecule has 0 atom stereocenters. The maximum Gasteiger partial charge on any atom is 0.416 e. The van der Waals surface area contributed by atoms with Crippen LogP contribution in [0.5, 0.6) is 0 Å². The molecule has 24 heavy (non-hydrogen) atoms. The number of amides is 1. The summed E-state index contributed by atoms with van der Waals surface area (Å²) in [6.07, 6.45) is -4.52. The van der Waals surface area contributed by atoms with Crippen LogP contribution in [0, 0.1) is 0 Å². The second kappa shape index (κ2) is 5.99. The summed E-state index contributed by atoms with van der Waals surface area (Å²) >= 11 is 0. The Kier molecular flexibility index (Phi) is 4.01. The molecule has 2 aromatic carbocycles. The zero-order valence-corrected chi connectivity index (χ0v) is 12.7. The van der Waals surface area contributed by atoms with Gasteiger partial charge in [0.05, 0.1) is 12.0 Å². The number of fused-ring (bicyclic) bond motifs is 1. The van der Waals surface area contributed by atoms with Crippen molar-refractivity contribution < 1.29 is 22.5 Å². The number of para-hydroxylation sites is 1. The SMILES string of the molecule is CN(C(=O)Cc1noc2ccccc12)c1cccc(C(F)(F)F)c1. The summed E-state index contributed by atoms with van der Waals surface area (Å²) in [5, 5.41) is 4.58. The van der Waals surface area contributed by atoms with Crippen LogP contribution in [0.25, 0.3) is 11.0 Å². The van der Waals surface area contributed by atoms with Crippen molar-refractivity contribution in [3.8, 4) is 0 Å². The van der Waals surface area contributed by atoms with Gasteiger partial charge in [-0.3, -0.25) is 4.79 Å². The predicted octanol–water partition coefficient (Wildman–Crippen LogP) is 4.05. The van der Waals surface area contributed by atoms with Crippen molar-refractivity contribution in [2.24, 2.45) is 0 Å². The quantitative estimate of drug-likeness (QED) is 0.726. The molecule has 3 aromatic rings. The number of alkyl halides is 3. The van der Waals surface area contributed by atoms with Crippen molar-refractivity contribution in [1.82, 2.24) is 5.16 Å². The molecule has 3 rings (SSSR count). The minimum Gasteiger partial charge on any atom is -0.356 e. The first-order chi connectivity index (χ1) is 11.4. The zero-order valence-electron chi connectivity index (χ0n) is 12.7. The highest BCUT2D eigenvalue weighted by atomic mass is 19.4. The lowest BCUT2D eigenvalue weighted by atomic mass is 10.1. The van der Waals surface area contributed by atoms with Crippen molar-refractivity contribution in [3.05, 3.63) is 59.8 Å². The maximum absolute atomic E-state index is 12.8. The van der Waals surface area contributed by atoms with Crippen LogP contribution in [0.1, 0.15) is 11.3 Å². The standard InChI is InChI=1S/C17H13F3N2O2/c1-22(12-6-4-5-11(9-12)17(18,19)20)16(23)10-14-13-7-2-3-8-15(13)24-21-14/h2-9H,10H2,1H3. The number of anilines is 1. The van der Waals surface area contributed by atoms with E-state index in [4.69, 9.17) is 4.52 Å². The number of benzene rings is 2. The topological polar surface area (TPSA) is 46.3 Å². The maximum atomic E-state index is 12.8. The Morgan fingerprint density at radius 3 is 2.67 bits per heavy atom. The summed E-state index contributed by atoms with van der Waals surface area (Å²) in [5.74, 6) is -0.381. The molecule has 0 bridgehead atoms. The van der Waals surface area contributed by atoms with Crippen LogP contribution in [-0.2, 0) is 17.4 Å². The Balaban J connectivity index is 1.82. The molecule has 1 heterocycles. The fourth-order valence-electron chi connectivity index (χ4n) is 2.36. The van der Waals surface area contributed by atoms with Crippen LogP contribution in [0.3, 0.4) is 0 Å². The second-order valence-corrected chi connectivity index (χ2v) is 5.30. The van der Waals surface area contributed by atoms with Gasteiger partial charge < -0.3 is 9.42 Å². The third kappa shape index (κ3) is 3.10. The number of halogens is 3. The first-order valence-electron chi connectivity index (χ1n) is 7.13. The number of carbonyl (C=O) groups excluding carboxylic acids is 1. The highest BCUT2D eigenvalue weighted by molar-refractivity contribution is 5.96. The van der Waals surface area contributed by atoms with Gasteiger partial charge in [-0.15, -0.1) is 0 Å². The molecule has 1 amide bonds. The number of carbonyl (C=O) groups is 1. The van der Waals surface area contributed by atoms with Gasteiger partial charge in [0, 0.05) is 18.1 Å². The van der Waals surface area contributed by atoms with E-state index >= 15 is 0 Å².